The molecule has 118 valence electrons. The van der Waals surface area contributed by atoms with Gasteiger partial charge in [0.1, 0.15) is 5.52 Å². The van der Waals surface area contributed by atoms with Gasteiger partial charge in [0.05, 0.1) is 0 Å². The van der Waals surface area contributed by atoms with E-state index in [0.29, 0.717) is 5.89 Å². The third kappa shape index (κ3) is 2.88. The van der Waals surface area contributed by atoms with Crippen LogP contribution in [0.3, 0.4) is 0 Å². The fourth-order valence-electron chi connectivity index (χ4n) is 2.77. The molecule has 3 aromatic carbocycles. The highest BCUT2D eigenvalue weighted by molar-refractivity contribution is 5.81. The zero-order valence-electron chi connectivity index (χ0n) is 13.5. The molecule has 0 aliphatic carbocycles. The first-order chi connectivity index (χ1) is 11.8. The average molecular weight is 314 g/mol. The monoisotopic (exact) mass is 314 g/mol. The van der Waals surface area contributed by atoms with Gasteiger partial charge >= 0.3 is 0 Å². The lowest BCUT2D eigenvalue weighted by atomic mass is 10.1. The highest BCUT2D eigenvalue weighted by atomic mass is 16.3. The second-order valence-electron chi connectivity index (χ2n) is 5.86. The number of aromatic nitrogens is 1. The second-order valence-corrected chi connectivity index (χ2v) is 5.86. The maximum absolute atomic E-state index is 5.95. The third-order valence-corrected chi connectivity index (χ3v) is 4.08. The van der Waals surface area contributed by atoms with E-state index in [1.807, 2.05) is 42.5 Å². The van der Waals surface area contributed by atoms with Gasteiger partial charge in [0, 0.05) is 23.9 Å². The number of anilines is 1. The molecule has 0 bridgehead atoms. The van der Waals surface area contributed by atoms with Crippen molar-refractivity contribution in [2.75, 3.05) is 5.32 Å². The Hall–Kier alpha value is -3.07. The first-order valence-corrected chi connectivity index (χ1v) is 8.04. The minimum absolute atomic E-state index is 0.658. The van der Waals surface area contributed by atoms with Crippen molar-refractivity contribution in [3.05, 3.63) is 83.9 Å². The van der Waals surface area contributed by atoms with Crippen molar-refractivity contribution in [1.29, 1.82) is 0 Å². The summed E-state index contributed by atoms with van der Waals surface area (Å²) in [5.41, 5.74) is 6.16. The van der Waals surface area contributed by atoms with Crippen molar-refractivity contribution in [1.82, 2.24) is 4.98 Å². The van der Waals surface area contributed by atoms with Crippen molar-refractivity contribution in [2.45, 2.75) is 13.5 Å². The molecule has 4 rings (SSSR count). The molecule has 1 N–H and O–H groups in total. The van der Waals surface area contributed by atoms with E-state index in [0.717, 1.165) is 34.5 Å². The van der Waals surface area contributed by atoms with Gasteiger partial charge in [-0.25, -0.2) is 4.98 Å². The van der Waals surface area contributed by atoms with Crippen LogP contribution in [0.4, 0.5) is 5.69 Å². The third-order valence-electron chi connectivity index (χ3n) is 4.08. The Morgan fingerprint density at radius 2 is 1.62 bits per heavy atom. The Morgan fingerprint density at radius 3 is 2.38 bits per heavy atom. The minimum atomic E-state index is 0.658. The van der Waals surface area contributed by atoms with Crippen LogP contribution in [-0.4, -0.2) is 4.98 Å². The normalized spacial score (nSPS) is 10.9. The molecular formula is C21H18N2O. The highest BCUT2D eigenvalue weighted by Crippen LogP contribution is 2.28. The Kier molecular flexibility index (Phi) is 3.75. The summed E-state index contributed by atoms with van der Waals surface area (Å²) in [7, 11) is 0. The minimum Gasteiger partial charge on any atom is -0.436 e. The van der Waals surface area contributed by atoms with Crippen molar-refractivity contribution < 1.29 is 4.42 Å². The van der Waals surface area contributed by atoms with Crippen molar-refractivity contribution in [3.63, 3.8) is 0 Å². The van der Waals surface area contributed by atoms with Gasteiger partial charge in [-0.05, 0) is 36.2 Å². The summed E-state index contributed by atoms with van der Waals surface area (Å²) in [6, 6.07) is 24.4. The van der Waals surface area contributed by atoms with Crippen LogP contribution in [0, 0.1) is 6.92 Å². The van der Waals surface area contributed by atoms with Gasteiger partial charge in [-0.3, -0.25) is 0 Å². The van der Waals surface area contributed by atoms with Gasteiger partial charge in [0.25, 0.3) is 0 Å². The van der Waals surface area contributed by atoms with Crippen LogP contribution in [0.25, 0.3) is 22.6 Å². The molecule has 0 radical (unpaired) electrons. The van der Waals surface area contributed by atoms with E-state index in [2.05, 4.69) is 47.6 Å². The fourth-order valence-corrected chi connectivity index (χ4v) is 2.77. The Labute approximate surface area is 141 Å². The molecule has 0 aliphatic rings. The van der Waals surface area contributed by atoms with Crippen LogP contribution in [0.5, 0.6) is 0 Å². The summed E-state index contributed by atoms with van der Waals surface area (Å²) < 4.78 is 5.95. The zero-order chi connectivity index (χ0) is 16.4. The Balaban J connectivity index is 1.64. The largest absolute Gasteiger partial charge is 0.436 e. The SMILES string of the molecule is Cc1cc2nc(-c3ccccc3)oc2cc1NCc1ccccc1. The average Bonchev–Trinajstić information content (AvgIpc) is 3.04. The molecule has 0 aliphatic heterocycles. The van der Waals surface area contributed by atoms with Crippen LogP contribution in [0.15, 0.2) is 77.2 Å². The van der Waals surface area contributed by atoms with Gasteiger partial charge in [-0.1, -0.05) is 48.5 Å². The van der Waals surface area contributed by atoms with Crippen LogP contribution in [0.2, 0.25) is 0 Å². The van der Waals surface area contributed by atoms with Crippen molar-refractivity contribution >= 4 is 16.8 Å². The standard InChI is InChI=1S/C21H18N2O/c1-15-12-19-20(24-21(23-19)17-10-6-3-7-11-17)13-18(15)22-14-16-8-4-2-5-9-16/h2-13,22H,14H2,1H3. The number of nitrogens with one attached hydrogen (secondary N) is 1. The smallest absolute Gasteiger partial charge is 0.227 e. The van der Waals surface area contributed by atoms with E-state index < -0.39 is 0 Å². The first kappa shape index (κ1) is 14.5. The molecular weight excluding hydrogens is 296 g/mol. The number of hydrogen-bond acceptors (Lipinski definition) is 3. The number of oxazole rings is 1. The number of nitrogens with zero attached hydrogens (tertiary/aromatic N) is 1. The second kappa shape index (κ2) is 6.20. The van der Waals surface area contributed by atoms with Crippen LogP contribution < -0.4 is 5.32 Å². The summed E-state index contributed by atoms with van der Waals surface area (Å²) in [4.78, 5) is 4.61. The molecule has 1 heterocycles. The number of benzene rings is 3. The van der Waals surface area contributed by atoms with Gasteiger partial charge in [-0.2, -0.15) is 0 Å². The zero-order valence-corrected chi connectivity index (χ0v) is 13.5. The molecule has 0 fully saturated rings. The topological polar surface area (TPSA) is 38.1 Å². The van der Waals surface area contributed by atoms with E-state index in [1.54, 1.807) is 0 Å². The number of rotatable bonds is 4. The molecule has 0 atom stereocenters. The molecule has 24 heavy (non-hydrogen) atoms. The van der Waals surface area contributed by atoms with Gasteiger partial charge in [-0.15, -0.1) is 0 Å². The molecule has 0 saturated heterocycles. The van der Waals surface area contributed by atoms with Crippen LogP contribution in [-0.2, 0) is 6.54 Å². The van der Waals surface area contributed by atoms with Crippen LogP contribution in [0.1, 0.15) is 11.1 Å². The molecule has 0 amide bonds. The summed E-state index contributed by atoms with van der Waals surface area (Å²) in [6.45, 7) is 2.87. The number of fused-ring (bicyclic) bond motifs is 1. The van der Waals surface area contributed by atoms with E-state index in [-0.39, 0.29) is 0 Å². The number of aryl methyl sites for hydroxylation is 1. The maximum atomic E-state index is 5.95. The highest BCUT2D eigenvalue weighted by Gasteiger charge is 2.10. The summed E-state index contributed by atoms with van der Waals surface area (Å²) >= 11 is 0. The molecule has 3 nitrogen and oxygen atoms in total. The summed E-state index contributed by atoms with van der Waals surface area (Å²) in [5.74, 6) is 0.658. The lowest BCUT2D eigenvalue weighted by molar-refractivity contribution is 0.620. The van der Waals surface area contributed by atoms with Gasteiger partial charge < -0.3 is 9.73 Å². The summed E-state index contributed by atoms with van der Waals surface area (Å²) in [5, 5.41) is 3.48. The predicted octanol–water partition coefficient (Wildman–Crippen LogP) is 5.42. The fraction of sp³-hybridized carbons (Fsp3) is 0.0952. The van der Waals surface area contributed by atoms with Crippen LogP contribution >= 0.6 is 0 Å². The van der Waals surface area contributed by atoms with Gasteiger partial charge in [0.2, 0.25) is 5.89 Å². The molecule has 4 aromatic rings. The maximum Gasteiger partial charge on any atom is 0.227 e. The quantitative estimate of drug-likeness (QED) is 0.547. The predicted molar refractivity (Wildman–Crippen MR) is 98.0 cm³/mol. The molecule has 3 heteroatoms. The van der Waals surface area contributed by atoms with E-state index in [4.69, 9.17) is 4.42 Å². The lowest BCUT2D eigenvalue weighted by Gasteiger charge is -2.09. The Bertz CT molecular complexity index is 959. The molecule has 0 saturated carbocycles. The summed E-state index contributed by atoms with van der Waals surface area (Å²) in [6.07, 6.45) is 0. The number of hydrogen-bond donors (Lipinski definition) is 1. The lowest BCUT2D eigenvalue weighted by Crippen LogP contribution is -2.00. The van der Waals surface area contributed by atoms with E-state index in [1.165, 1.54) is 5.56 Å². The van der Waals surface area contributed by atoms with E-state index in [9.17, 15) is 0 Å². The van der Waals surface area contributed by atoms with Gasteiger partial charge in [0.15, 0.2) is 5.58 Å². The van der Waals surface area contributed by atoms with E-state index >= 15 is 0 Å². The first-order valence-electron chi connectivity index (χ1n) is 8.04. The Morgan fingerprint density at radius 1 is 0.917 bits per heavy atom. The van der Waals surface area contributed by atoms with Crippen molar-refractivity contribution in [2.24, 2.45) is 0 Å². The van der Waals surface area contributed by atoms with Crippen molar-refractivity contribution in [3.8, 4) is 11.5 Å². The molecule has 0 unspecified atom stereocenters. The molecule has 1 aromatic heterocycles. The molecule has 0 spiro atoms.